The fourth-order valence-corrected chi connectivity index (χ4v) is 2.78. The molecule has 2 heterocycles. The van der Waals surface area contributed by atoms with Crippen LogP contribution < -0.4 is 22.4 Å². The van der Waals surface area contributed by atoms with Crippen molar-refractivity contribution in [1.29, 1.82) is 0 Å². The SMILES string of the molecule is CCCn1c(N)c(C(=O)COC(=O)c2cc(=O)c3ccccc3o2)c(=O)[nH]c1=O. The van der Waals surface area contributed by atoms with Gasteiger partial charge in [0.15, 0.2) is 12.0 Å². The van der Waals surface area contributed by atoms with E-state index in [4.69, 9.17) is 14.9 Å². The van der Waals surface area contributed by atoms with Gasteiger partial charge in [0.1, 0.15) is 17.0 Å². The van der Waals surface area contributed by atoms with E-state index >= 15 is 0 Å². The second kappa shape index (κ2) is 7.97. The second-order valence-corrected chi connectivity index (χ2v) is 6.14. The third kappa shape index (κ3) is 3.86. The maximum atomic E-state index is 12.4. The van der Waals surface area contributed by atoms with Gasteiger partial charge in [-0.05, 0) is 18.6 Å². The standard InChI is InChI=1S/C19H17N3O7/c1-2-7-22-16(20)15(17(25)21-19(22)27)12(24)9-28-18(26)14-8-11(23)10-5-3-4-6-13(10)29-14/h3-6,8H,2,7,9,20H2,1H3,(H,21,25,27). The first-order valence-electron chi connectivity index (χ1n) is 8.69. The third-order valence-electron chi connectivity index (χ3n) is 4.14. The minimum atomic E-state index is -1.06. The molecule has 3 N–H and O–H groups in total. The predicted molar refractivity (Wildman–Crippen MR) is 103 cm³/mol. The Kier molecular flexibility index (Phi) is 5.44. The number of H-pyrrole nitrogens is 1. The number of anilines is 1. The van der Waals surface area contributed by atoms with Crippen LogP contribution in [0, 0.1) is 0 Å². The summed E-state index contributed by atoms with van der Waals surface area (Å²) in [6.45, 7) is 1.16. The molecule has 0 bridgehead atoms. The van der Waals surface area contributed by atoms with E-state index in [1.807, 2.05) is 4.98 Å². The number of rotatable bonds is 6. The molecule has 0 spiro atoms. The minimum absolute atomic E-state index is 0.186. The highest BCUT2D eigenvalue weighted by molar-refractivity contribution is 6.02. The fourth-order valence-electron chi connectivity index (χ4n) is 2.78. The molecule has 150 valence electrons. The van der Waals surface area contributed by atoms with Gasteiger partial charge < -0.3 is 14.9 Å². The Hall–Kier alpha value is -3.95. The first kappa shape index (κ1) is 19.8. The van der Waals surface area contributed by atoms with Gasteiger partial charge in [-0.2, -0.15) is 0 Å². The number of aromatic nitrogens is 2. The number of carbonyl (C=O) groups excluding carboxylic acids is 2. The molecule has 10 heteroatoms. The van der Waals surface area contributed by atoms with Crippen LogP contribution in [-0.4, -0.2) is 27.9 Å². The summed E-state index contributed by atoms with van der Waals surface area (Å²) >= 11 is 0. The number of nitrogen functional groups attached to an aromatic ring is 1. The lowest BCUT2D eigenvalue weighted by molar-refractivity contribution is 0.0444. The second-order valence-electron chi connectivity index (χ2n) is 6.14. The summed E-state index contributed by atoms with van der Waals surface area (Å²) in [4.78, 5) is 62.4. The normalized spacial score (nSPS) is 10.8. The number of nitrogens with one attached hydrogen (secondary N) is 1. The highest BCUT2D eigenvalue weighted by Crippen LogP contribution is 2.13. The number of Topliss-reactive ketones (excluding diaryl/α,β-unsaturated/α-hetero) is 1. The van der Waals surface area contributed by atoms with Gasteiger partial charge in [-0.3, -0.25) is 23.9 Å². The number of para-hydroxylation sites is 1. The predicted octanol–water partition coefficient (Wildman–Crippen LogP) is 0.675. The molecule has 0 aliphatic carbocycles. The maximum absolute atomic E-state index is 12.4. The molecule has 0 saturated heterocycles. The van der Waals surface area contributed by atoms with Gasteiger partial charge in [-0.25, -0.2) is 9.59 Å². The molecular formula is C19H17N3O7. The van der Waals surface area contributed by atoms with E-state index in [2.05, 4.69) is 0 Å². The average Bonchev–Trinajstić information content (AvgIpc) is 2.69. The molecule has 0 fully saturated rings. The molecule has 2 aromatic heterocycles. The number of fused-ring (bicyclic) bond motifs is 1. The van der Waals surface area contributed by atoms with Crippen molar-refractivity contribution in [3.05, 3.63) is 72.7 Å². The van der Waals surface area contributed by atoms with Gasteiger partial charge in [-0.1, -0.05) is 19.1 Å². The summed E-state index contributed by atoms with van der Waals surface area (Å²) < 4.78 is 11.3. The van der Waals surface area contributed by atoms with Crippen molar-refractivity contribution in [2.75, 3.05) is 12.3 Å². The lowest BCUT2D eigenvalue weighted by atomic mass is 10.2. The number of ketones is 1. The Morgan fingerprint density at radius 2 is 1.93 bits per heavy atom. The van der Waals surface area contributed by atoms with E-state index in [1.54, 1.807) is 25.1 Å². The summed E-state index contributed by atoms with van der Waals surface area (Å²) in [5.74, 6) is -2.65. The van der Waals surface area contributed by atoms with E-state index in [9.17, 15) is 24.0 Å². The van der Waals surface area contributed by atoms with E-state index in [0.717, 1.165) is 10.6 Å². The number of aromatic amines is 1. The quantitative estimate of drug-likeness (QED) is 0.453. The van der Waals surface area contributed by atoms with E-state index in [1.165, 1.54) is 6.07 Å². The number of nitrogens with zero attached hydrogens (tertiary/aromatic N) is 1. The Balaban J connectivity index is 1.84. The highest BCUT2D eigenvalue weighted by Gasteiger charge is 2.22. The van der Waals surface area contributed by atoms with Gasteiger partial charge in [0, 0.05) is 12.6 Å². The number of benzene rings is 1. The molecule has 0 aliphatic rings. The van der Waals surface area contributed by atoms with Crippen LogP contribution in [0.4, 0.5) is 5.82 Å². The van der Waals surface area contributed by atoms with E-state index < -0.39 is 40.6 Å². The average molecular weight is 399 g/mol. The van der Waals surface area contributed by atoms with Crippen LogP contribution in [0.1, 0.15) is 34.3 Å². The van der Waals surface area contributed by atoms with Gasteiger partial charge in [0.05, 0.1) is 5.39 Å². The molecule has 0 amide bonds. The van der Waals surface area contributed by atoms with Crippen LogP contribution in [0.3, 0.4) is 0 Å². The Bertz CT molecular complexity index is 1280. The third-order valence-corrected chi connectivity index (χ3v) is 4.14. The molecule has 0 aliphatic heterocycles. The molecule has 0 unspecified atom stereocenters. The Labute approximate surface area is 162 Å². The number of hydrogen-bond donors (Lipinski definition) is 2. The van der Waals surface area contributed by atoms with E-state index in [0.29, 0.717) is 6.42 Å². The number of ether oxygens (including phenoxy) is 1. The first-order valence-corrected chi connectivity index (χ1v) is 8.69. The van der Waals surface area contributed by atoms with Crippen molar-refractivity contribution in [3.63, 3.8) is 0 Å². The molecule has 29 heavy (non-hydrogen) atoms. The van der Waals surface area contributed by atoms with Crippen molar-refractivity contribution in [2.45, 2.75) is 19.9 Å². The summed E-state index contributed by atoms with van der Waals surface area (Å²) in [7, 11) is 0. The van der Waals surface area contributed by atoms with Crippen LogP contribution in [0.25, 0.3) is 11.0 Å². The van der Waals surface area contributed by atoms with E-state index in [-0.39, 0.29) is 29.1 Å². The molecule has 10 nitrogen and oxygen atoms in total. The molecule has 3 aromatic rings. The van der Waals surface area contributed by atoms with Crippen molar-refractivity contribution in [2.24, 2.45) is 0 Å². The number of carbonyl (C=O) groups is 2. The summed E-state index contributed by atoms with van der Waals surface area (Å²) in [5, 5.41) is 0.289. The zero-order chi connectivity index (χ0) is 21.1. The van der Waals surface area contributed by atoms with Gasteiger partial charge >= 0.3 is 11.7 Å². The van der Waals surface area contributed by atoms with Crippen LogP contribution in [0.2, 0.25) is 0 Å². The lowest BCUT2D eigenvalue weighted by Crippen LogP contribution is -2.37. The summed E-state index contributed by atoms with van der Waals surface area (Å²) in [6.07, 6.45) is 0.541. The highest BCUT2D eigenvalue weighted by atomic mass is 16.5. The fraction of sp³-hybridized carbons (Fsp3) is 0.211. The molecular weight excluding hydrogens is 382 g/mol. The topological polar surface area (TPSA) is 154 Å². The van der Waals surface area contributed by atoms with Crippen LogP contribution in [0.5, 0.6) is 0 Å². The summed E-state index contributed by atoms with van der Waals surface area (Å²) in [5.41, 5.74) is 3.34. The summed E-state index contributed by atoms with van der Waals surface area (Å²) in [6, 6.07) is 7.29. The Morgan fingerprint density at radius 1 is 1.21 bits per heavy atom. The monoisotopic (exact) mass is 399 g/mol. The zero-order valence-corrected chi connectivity index (χ0v) is 15.4. The molecule has 1 aromatic carbocycles. The number of hydrogen-bond acceptors (Lipinski definition) is 8. The maximum Gasteiger partial charge on any atom is 0.374 e. The molecule has 3 rings (SSSR count). The smallest absolute Gasteiger partial charge is 0.374 e. The van der Waals surface area contributed by atoms with Crippen molar-refractivity contribution in [3.8, 4) is 0 Å². The van der Waals surface area contributed by atoms with Crippen molar-refractivity contribution in [1.82, 2.24) is 9.55 Å². The molecule has 0 radical (unpaired) electrons. The zero-order valence-electron chi connectivity index (χ0n) is 15.4. The first-order chi connectivity index (χ1) is 13.8. The number of nitrogens with two attached hydrogens (primary N) is 1. The molecule has 0 saturated carbocycles. The minimum Gasteiger partial charge on any atom is -0.451 e. The lowest BCUT2D eigenvalue weighted by Gasteiger charge is -2.11. The van der Waals surface area contributed by atoms with Gasteiger partial charge in [-0.15, -0.1) is 0 Å². The largest absolute Gasteiger partial charge is 0.451 e. The van der Waals surface area contributed by atoms with Crippen molar-refractivity contribution >= 4 is 28.5 Å². The van der Waals surface area contributed by atoms with Crippen LogP contribution in [-0.2, 0) is 11.3 Å². The van der Waals surface area contributed by atoms with Crippen molar-refractivity contribution < 1.29 is 18.7 Å². The Morgan fingerprint density at radius 3 is 2.66 bits per heavy atom. The molecule has 0 atom stereocenters. The van der Waals surface area contributed by atoms with Gasteiger partial charge in [0.2, 0.25) is 11.5 Å². The number of esters is 1. The van der Waals surface area contributed by atoms with Gasteiger partial charge in [0.25, 0.3) is 5.56 Å². The van der Waals surface area contributed by atoms with Crippen LogP contribution >= 0.6 is 0 Å². The van der Waals surface area contributed by atoms with Crippen LogP contribution in [0.15, 0.2) is 49.1 Å².